The summed E-state index contributed by atoms with van der Waals surface area (Å²) in [4.78, 5) is 25.7. The summed E-state index contributed by atoms with van der Waals surface area (Å²) in [6.07, 6.45) is -3.32. The Labute approximate surface area is 310 Å². The van der Waals surface area contributed by atoms with Gasteiger partial charge in [0.15, 0.2) is 0 Å². The van der Waals surface area contributed by atoms with Crippen LogP contribution in [0.1, 0.15) is 104 Å². The number of carbonyl (C=O) groups is 2. The van der Waals surface area contributed by atoms with E-state index >= 15 is 0 Å². The number of benzene rings is 2. The van der Waals surface area contributed by atoms with Crippen LogP contribution in [0.5, 0.6) is 11.5 Å². The Balaban J connectivity index is 0.000000280. The maximum absolute atomic E-state index is 12.8. The van der Waals surface area contributed by atoms with Crippen LogP contribution in [-0.4, -0.2) is 71.0 Å². The number of aliphatic hydroxyl groups is 4. The fourth-order valence-electron chi connectivity index (χ4n) is 7.30. The number of esters is 2. The van der Waals surface area contributed by atoms with Crippen LogP contribution in [-0.2, 0) is 19.1 Å². The minimum Gasteiger partial charge on any atom is -0.497 e. The molecule has 0 radical (unpaired) electrons. The van der Waals surface area contributed by atoms with E-state index in [1.165, 1.54) is 0 Å². The van der Waals surface area contributed by atoms with Gasteiger partial charge in [-0.2, -0.15) is 0 Å². The van der Waals surface area contributed by atoms with Crippen LogP contribution in [0.2, 0.25) is 0 Å². The normalized spacial score (nSPS) is 30.5. The lowest BCUT2D eigenvalue weighted by Crippen LogP contribution is -2.33. The van der Waals surface area contributed by atoms with Crippen molar-refractivity contribution < 1.29 is 49.0 Å². The zero-order chi connectivity index (χ0) is 38.9. The molecular weight excluding hydrogens is 664 g/mol. The highest BCUT2D eigenvalue weighted by molar-refractivity contribution is 5.73. The molecular formula is C42H64O10. The van der Waals surface area contributed by atoms with E-state index in [1.807, 2.05) is 104 Å². The molecule has 0 saturated carbocycles. The summed E-state index contributed by atoms with van der Waals surface area (Å²) in [6, 6.07) is 15.0. The van der Waals surface area contributed by atoms with Crippen molar-refractivity contribution in [2.75, 3.05) is 14.2 Å². The molecule has 10 heteroatoms. The van der Waals surface area contributed by atoms with Crippen LogP contribution in [0.15, 0.2) is 48.5 Å². The third-order valence-electron chi connectivity index (χ3n) is 11.0. The predicted molar refractivity (Wildman–Crippen MR) is 199 cm³/mol. The first-order chi connectivity index (χ1) is 24.5. The van der Waals surface area contributed by atoms with Crippen LogP contribution in [0.25, 0.3) is 0 Å². The number of methoxy groups -OCH3 is 2. The highest BCUT2D eigenvalue weighted by Gasteiger charge is 2.41. The second-order valence-electron chi connectivity index (χ2n) is 16.0. The van der Waals surface area contributed by atoms with E-state index in [-0.39, 0.29) is 60.3 Å². The summed E-state index contributed by atoms with van der Waals surface area (Å²) in [5, 5.41) is 41.8. The fraction of sp³-hybridized carbons (Fsp3) is 0.667. The van der Waals surface area contributed by atoms with Crippen molar-refractivity contribution in [3.05, 3.63) is 59.7 Å². The molecule has 4 N–H and O–H groups in total. The lowest BCUT2D eigenvalue weighted by atomic mass is 9.81. The quantitative estimate of drug-likeness (QED) is 0.217. The maximum atomic E-state index is 12.8. The molecule has 0 bridgehead atoms. The third-order valence-corrected chi connectivity index (χ3v) is 11.0. The van der Waals surface area contributed by atoms with Crippen LogP contribution in [0, 0.1) is 47.3 Å². The Hall–Kier alpha value is -3.18. The molecule has 10 atom stereocenters. The summed E-state index contributed by atoms with van der Waals surface area (Å²) < 4.78 is 22.4. The molecule has 4 rings (SSSR count). The number of carbonyl (C=O) groups excluding carboxylic acids is 2. The molecule has 0 spiro atoms. The van der Waals surface area contributed by atoms with E-state index in [0.29, 0.717) is 12.8 Å². The summed E-state index contributed by atoms with van der Waals surface area (Å²) in [6.45, 7) is 15.9. The zero-order valence-electron chi connectivity index (χ0n) is 32.8. The van der Waals surface area contributed by atoms with Crippen molar-refractivity contribution in [3.63, 3.8) is 0 Å². The number of hydrogen-bond donors (Lipinski definition) is 4. The van der Waals surface area contributed by atoms with Crippen molar-refractivity contribution >= 4 is 11.9 Å². The number of hydrogen-bond acceptors (Lipinski definition) is 10. The van der Waals surface area contributed by atoms with Gasteiger partial charge in [0.05, 0.1) is 50.5 Å². The minimum atomic E-state index is -0.925. The summed E-state index contributed by atoms with van der Waals surface area (Å²) in [7, 11) is 3.22. The van der Waals surface area contributed by atoms with Gasteiger partial charge in [-0.25, -0.2) is 0 Å². The Kier molecular flexibility index (Phi) is 16.4. The van der Waals surface area contributed by atoms with Gasteiger partial charge >= 0.3 is 11.9 Å². The van der Waals surface area contributed by atoms with Crippen LogP contribution in [0.3, 0.4) is 0 Å². The van der Waals surface area contributed by atoms with Crippen molar-refractivity contribution in [1.82, 2.24) is 0 Å². The van der Waals surface area contributed by atoms with Gasteiger partial charge in [-0.15, -0.1) is 0 Å². The second kappa shape index (κ2) is 19.8. The largest absolute Gasteiger partial charge is 0.497 e. The molecule has 0 aliphatic carbocycles. The first-order valence-electron chi connectivity index (χ1n) is 18.9. The van der Waals surface area contributed by atoms with E-state index in [2.05, 4.69) is 0 Å². The smallest absolute Gasteiger partial charge is 0.309 e. The van der Waals surface area contributed by atoms with E-state index in [1.54, 1.807) is 14.2 Å². The third kappa shape index (κ3) is 11.4. The molecule has 2 aliphatic heterocycles. The molecule has 0 aromatic heterocycles. The van der Waals surface area contributed by atoms with Crippen LogP contribution < -0.4 is 9.47 Å². The standard InChI is InChI=1S/2C21H32O5/c2*1-12(2)16-10-18(22)19(23)11-17(13(3)4)21(24)26-20(16)14-6-8-15(25-5)9-7-14/h2*6-9,12-13,16-20,22-23H,10-11H2,1-5H3/t2*16-,17-,18-,19+,20-/m00/s1. The topological polar surface area (TPSA) is 152 Å². The molecule has 2 aromatic rings. The predicted octanol–water partition coefficient (Wildman–Crippen LogP) is 6.68. The highest BCUT2D eigenvalue weighted by atomic mass is 16.6. The Morgan fingerprint density at radius 1 is 0.500 bits per heavy atom. The molecule has 292 valence electrons. The lowest BCUT2D eigenvalue weighted by Gasteiger charge is -2.32. The maximum Gasteiger partial charge on any atom is 0.309 e. The van der Waals surface area contributed by atoms with Gasteiger partial charge in [-0.1, -0.05) is 79.7 Å². The minimum absolute atomic E-state index is 0.0245. The van der Waals surface area contributed by atoms with E-state index in [0.717, 1.165) is 22.6 Å². The van der Waals surface area contributed by atoms with Crippen LogP contribution in [0.4, 0.5) is 0 Å². The van der Waals surface area contributed by atoms with Gasteiger partial charge in [-0.05, 0) is 84.7 Å². The van der Waals surface area contributed by atoms with Gasteiger partial charge in [0.25, 0.3) is 0 Å². The zero-order valence-corrected chi connectivity index (χ0v) is 32.8. The molecule has 0 amide bonds. The van der Waals surface area contributed by atoms with Crippen molar-refractivity contribution in [2.24, 2.45) is 47.3 Å². The average Bonchev–Trinajstić information content (AvgIpc) is 3.19. The van der Waals surface area contributed by atoms with Crippen LogP contribution >= 0.6 is 0 Å². The monoisotopic (exact) mass is 728 g/mol. The Morgan fingerprint density at radius 3 is 1.04 bits per heavy atom. The highest BCUT2D eigenvalue weighted by Crippen LogP contribution is 2.41. The fourth-order valence-corrected chi connectivity index (χ4v) is 7.30. The summed E-state index contributed by atoms with van der Waals surface area (Å²) >= 11 is 0. The van der Waals surface area contributed by atoms with Gasteiger partial charge < -0.3 is 39.4 Å². The van der Waals surface area contributed by atoms with E-state index in [9.17, 15) is 30.0 Å². The van der Waals surface area contributed by atoms with Crippen molar-refractivity contribution in [2.45, 2.75) is 118 Å². The Bertz CT molecular complexity index is 1270. The van der Waals surface area contributed by atoms with Crippen molar-refractivity contribution in [3.8, 4) is 11.5 Å². The summed E-state index contributed by atoms with van der Waals surface area (Å²) in [5.74, 6) is 0.190. The molecule has 2 fully saturated rings. The average molecular weight is 729 g/mol. The van der Waals surface area contributed by atoms with Crippen molar-refractivity contribution in [1.29, 1.82) is 0 Å². The lowest BCUT2D eigenvalue weighted by molar-refractivity contribution is -0.161. The first kappa shape index (κ1) is 43.2. The second-order valence-corrected chi connectivity index (χ2v) is 16.0. The SMILES string of the molecule is COc1ccc([C@@H]2OC(=O)[C@H](C(C)C)C[C@@H](O)[C@@H](O)C[C@H]2C(C)C)cc1.COc1ccc([C@@H]2OC(=O)[C@H](C(C)C)C[C@@H](O)[C@@H](O)C[C@H]2C(C)C)cc1. The van der Waals surface area contributed by atoms with Gasteiger partial charge in [-0.3, -0.25) is 9.59 Å². The molecule has 0 unspecified atom stereocenters. The number of rotatable bonds is 8. The van der Waals surface area contributed by atoms with Gasteiger partial charge in [0, 0.05) is 11.8 Å². The number of ether oxygens (including phenoxy) is 4. The van der Waals surface area contributed by atoms with E-state index < -0.39 is 48.5 Å². The van der Waals surface area contributed by atoms with Gasteiger partial charge in [0.1, 0.15) is 23.7 Å². The first-order valence-corrected chi connectivity index (χ1v) is 18.9. The number of cyclic esters (lactones) is 2. The molecule has 2 aliphatic rings. The van der Waals surface area contributed by atoms with Gasteiger partial charge in [0.2, 0.25) is 0 Å². The molecule has 2 aromatic carbocycles. The Morgan fingerprint density at radius 2 is 0.788 bits per heavy atom. The number of aliphatic hydroxyl groups excluding tert-OH is 4. The molecule has 52 heavy (non-hydrogen) atoms. The molecule has 2 saturated heterocycles. The summed E-state index contributed by atoms with van der Waals surface area (Å²) in [5.41, 5.74) is 1.76. The molecule has 2 heterocycles. The van der Waals surface area contributed by atoms with E-state index in [4.69, 9.17) is 18.9 Å². The molecule has 10 nitrogen and oxygen atoms in total.